The van der Waals surface area contributed by atoms with Crippen molar-refractivity contribution in [1.29, 1.82) is 0 Å². The van der Waals surface area contributed by atoms with E-state index in [2.05, 4.69) is 25.6 Å². The Morgan fingerprint density at radius 2 is 2.08 bits per heavy atom. The Morgan fingerprint density at radius 3 is 2.88 bits per heavy atom. The van der Waals surface area contributed by atoms with Crippen LogP contribution in [0, 0.1) is 5.92 Å². The van der Waals surface area contributed by atoms with Gasteiger partial charge in [0.2, 0.25) is 5.91 Å². The molecule has 0 spiro atoms. The van der Waals surface area contributed by atoms with Crippen molar-refractivity contribution in [3.8, 4) is 5.75 Å². The van der Waals surface area contributed by atoms with Gasteiger partial charge in [0.05, 0.1) is 12.5 Å². The Morgan fingerprint density at radius 1 is 1.27 bits per heavy atom. The van der Waals surface area contributed by atoms with Crippen molar-refractivity contribution in [2.75, 3.05) is 31.1 Å². The maximum absolute atomic E-state index is 12.2. The molecule has 1 amide bonds. The van der Waals surface area contributed by atoms with Gasteiger partial charge in [-0.15, -0.1) is 5.10 Å². The molecule has 0 atom stereocenters. The van der Waals surface area contributed by atoms with E-state index in [0.717, 1.165) is 11.6 Å². The molecule has 9 heteroatoms. The highest BCUT2D eigenvalue weighted by Crippen LogP contribution is 2.27. The molecule has 3 heterocycles. The summed E-state index contributed by atoms with van der Waals surface area (Å²) in [5.74, 6) is 1.49. The first-order valence-electron chi connectivity index (χ1n) is 8.43. The normalized spacial score (nSPS) is 14.3. The Hall–Kier alpha value is -3.23. The van der Waals surface area contributed by atoms with Crippen LogP contribution < -0.4 is 15.0 Å². The largest absolute Gasteiger partial charge is 0.492 e. The van der Waals surface area contributed by atoms with Crippen LogP contribution in [0.5, 0.6) is 5.75 Å². The smallest absolute Gasteiger partial charge is 0.226 e. The molecular formula is C17H19N7O2. The molecule has 1 aliphatic rings. The Bertz CT molecular complexity index is 906. The standard InChI is InChI=1S/C17H19N7O2/c1-23-15-14(21-22-23)16(20-11-19-15)24-9-12(10-24)17(25)18-7-8-26-13-5-3-2-4-6-13/h2-6,11-12H,7-10H2,1H3,(H,18,25). The fourth-order valence-corrected chi connectivity index (χ4v) is 2.89. The maximum Gasteiger partial charge on any atom is 0.226 e. The minimum absolute atomic E-state index is 0.0300. The molecular weight excluding hydrogens is 334 g/mol. The number of benzene rings is 1. The minimum Gasteiger partial charge on any atom is -0.492 e. The first-order chi connectivity index (χ1) is 12.7. The number of aromatic nitrogens is 5. The van der Waals surface area contributed by atoms with E-state index in [4.69, 9.17) is 4.74 Å². The molecule has 0 saturated carbocycles. The van der Waals surface area contributed by atoms with Gasteiger partial charge in [0.15, 0.2) is 17.0 Å². The van der Waals surface area contributed by atoms with Gasteiger partial charge in [0.1, 0.15) is 18.7 Å². The summed E-state index contributed by atoms with van der Waals surface area (Å²) in [6, 6.07) is 9.54. The van der Waals surface area contributed by atoms with Crippen LogP contribution in [-0.4, -0.2) is 57.1 Å². The average Bonchev–Trinajstić information content (AvgIpc) is 3.01. The number of carbonyl (C=O) groups excluding carboxylic acids is 1. The zero-order chi connectivity index (χ0) is 17.9. The summed E-state index contributed by atoms with van der Waals surface area (Å²) in [5.41, 5.74) is 1.34. The third-order valence-electron chi connectivity index (χ3n) is 4.33. The lowest BCUT2D eigenvalue weighted by Gasteiger charge is -2.38. The number of ether oxygens (including phenoxy) is 1. The lowest BCUT2D eigenvalue weighted by Crippen LogP contribution is -2.54. The van der Waals surface area contributed by atoms with E-state index >= 15 is 0 Å². The van der Waals surface area contributed by atoms with E-state index in [0.29, 0.717) is 37.4 Å². The van der Waals surface area contributed by atoms with Crippen molar-refractivity contribution >= 4 is 22.9 Å². The molecule has 1 aromatic carbocycles. The molecule has 26 heavy (non-hydrogen) atoms. The third kappa shape index (κ3) is 3.15. The number of carbonyl (C=O) groups is 1. The summed E-state index contributed by atoms with van der Waals surface area (Å²) >= 11 is 0. The van der Waals surface area contributed by atoms with Gasteiger partial charge in [-0.3, -0.25) is 4.79 Å². The van der Waals surface area contributed by atoms with Crippen LogP contribution >= 0.6 is 0 Å². The molecule has 1 N–H and O–H groups in total. The van der Waals surface area contributed by atoms with Crippen LogP contribution in [0.3, 0.4) is 0 Å². The number of nitrogens with zero attached hydrogens (tertiary/aromatic N) is 6. The van der Waals surface area contributed by atoms with E-state index < -0.39 is 0 Å². The topological polar surface area (TPSA) is 98.1 Å². The first kappa shape index (κ1) is 16.2. The van der Waals surface area contributed by atoms with Gasteiger partial charge in [-0.2, -0.15) is 0 Å². The highest BCUT2D eigenvalue weighted by atomic mass is 16.5. The molecule has 0 aliphatic carbocycles. The van der Waals surface area contributed by atoms with Crippen molar-refractivity contribution in [2.24, 2.45) is 13.0 Å². The Kier molecular flexibility index (Phi) is 4.34. The second-order valence-electron chi connectivity index (χ2n) is 6.14. The van der Waals surface area contributed by atoms with Crippen LogP contribution in [0.25, 0.3) is 11.2 Å². The molecule has 1 fully saturated rings. The van der Waals surface area contributed by atoms with Crippen LogP contribution in [0.15, 0.2) is 36.7 Å². The summed E-state index contributed by atoms with van der Waals surface area (Å²) in [4.78, 5) is 22.7. The Balaban J connectivity index is 1.26. The molecule has 134 valence electrons. The van der Waals surface area contributed by atoms with Gasteiger partial charge >= 0.3 is 0 Å². The van der Waals surface area contributed by atoms with Crippen LogP contribution in [0.2, 0.25) is 0 Å². The predicted octanol–water partition coefficient (Wildman–Crippen LogP) is 0.390. The van der Waals surface area contributed by atoms with Crippen molar-refractivity contribution in [3.63, 3.8) is 0 Å². The fourth-order valence-electron chi connectivity index (χ4n) is 2.89. The lowest BCUT2D eigenvalue weighted by atomic mass is 9.99. The van der Waals surface area contributed by atoms with Gasteiger partial charge in [-0.1, -0.05) is 23.4 Å². The Labute approximate surface area is 150 Å². The molecule has 1 saturated heterocycles. The molecule has 1 aliphatic heterocycles. The summed E-state index contributed by atoms with van der Waals surface area (Å²) in [6.45, 7) is 2.13. The van der Waals surface area contributed by atoms with E-state index in [9.17, 15) is 4.79 Å². The molecule has 0 unspecified atom stereocenters. The van der Waals surface area contributed by atoms with Gasteiger partial charge in [0.25, 0.3) is 0 Å². The molecule has 3 aromatic rings. The van der Waals surface area contributed by atoms with Crippen molar-refractivity contribution in [2.45, 2.75) is 0 Å². The average molecular weight is 353 g/mol. The highest BCUT2D eigenvalue weighted by Gasteiger charge is 2.34. The SMILES string of the molecule is Cn1nnc2c(N3CC(C(=O)NCCOc4ccccc4)C3)ncnc21. The summed E-state index contributed by atoms with van der Waals surface area (Å²) < 4.78 is 7.18. The highest BCUT2D eigenvalue weighted by molar-refractivity contribution is 5.86. The molecule has 4 rings (SSSR count). The quantitative estimate of drug-likeness (QED) is 0.640. The number of nitrogens with one attached hydrogen (secondary N) is 1. The minimum atomic E-state index is -0.0617. The lowest BCUT2D eigenvalue weighted by molar-refractivity contribution is -0.125. The number of anilines is 1. The van der Waals surface area contributed by atoms with Gasteiger partial charge in [0, 0.05) is 20.1 Å². The maximum atomic E-state index is 12.2. The third-order valence-corrected chi connectivity index (χ3v) is 4.33. The number of rotatable bonds is 6. The number of hydrogen-bond donors (Lipinski definition) is 1. The first-order valence-corrected chi connectivity index (χ1v) is 8.43. The number of para-hydroxylation sites is 1. The van der Waals surface area contributed by atoms with Crippen molar-refractivity contribution in [1.82, 2.24) is 30.3 Å². The van der Waals surface area contributed by atoms with Gasteiger partial charge in [-0.25, -0.2) is 14.6 Å². The van der Waals surface area contributed by atoms with Gasteiger partial charge in [-0.05, 0) is 12.1 Å². The second-order valence-corrected chi connectivity index (χ2v) is 6.14. The van der Waals surface area contributed by atoms with Crippen LogP contribution in [0.1, 0.15) is 0 Å². The molecule has 9 nitrogen and oxygen atoms in total. The molecule has 2 aromatic heterocycles. The van der Waals surface area contributed by atoms with E-state index in [1.807, 2.05) is 35.2 Å². The summed E-state index contributed by atoms with van der Waals surface area (Å²) in [5, 5.41) is 11.0. The number of aryl methyl sites for hydroxylation is 1. The fraction of sp³-hybridized carbons (Fsp3) is 0.353. The molecule has 0 bridgehead atoms. The number of amides is 1. The van der Waals surface area contributed by atoms with E-state index in [1.165, 1.54) is 6.33 Å². The second kappa shape index (κ2) is 6.95. The molecule has 0 radical (unpaired) electrons. The number of fused-ring (bicyclic) bond motifs is 1. The van der Waals surface area contributed by atoms with Gasteiger partial charge < -0.3 is 15.0 Å². The zero-order valence-electron chi connectivity index (χ0n) is 14.4. The monoisotopic (exact) mass is 353 g/mol. The predicted molar refractivity (Wildman–Crippen MR) is 94.7 cm³/mol. The van der Waals surface area contributed by atoms with E-state index in [1.54, 1.807) is 11.7 Å². The van der Waals surface area contributed by atoms with E-state index in [-0.39, 0.29) is 11.8 Å². The van der Waals surface area contributed by atoms with Crippen LogP contribution in [-0.2, 0) is 11.8 Å². The zero-order valence-corrected chi connectivity index (χ0v) is 14.4. The summed E-state index contributed by atoms with van der Waals surface area (Å²) in [7, 11) is 1.79. The van der Waals surface area contributed by atoms with Crippen molar-refractivity contribution < 1.29 is 9.53 Å². The summed E-state index contributed by atoms with van der Waals surface area (Å²) in [6.07, 6.45) is 1.50. The number of hydrogen-bond acceptors (Lipinski definition) is 7. The van der Waals surface area contributed by atoms with Crippen molar-refractivity contribution in [3.05, 3.63) is 36.7 Å². The van der Waals surface area contributed by atoms with Crippen LogP contribution in [0.4, 0.5) is 5.82 Å².